The highest BCUT2D eigenvalue weighted by atomic mass is 35.5. The molecular formula is C13H11ClN2O2. The maximum atomic E-state index is 10.6. The SMILES string of the molecule is NC(=O)CC=Cc1cc(Cl)c2cccnc2c1O. The maximum absolute atomic E-state index is 10.6. The summed E-state index contributed by atoms with van der Waals surface area (Å²) in [5, 5.41) is 11.2. The first kappa shape index (κ1) is 12.4. The van der Waals surface area contributed by atoms with E-state index in [1.54, 1.807) is 36.5 Å². The first-order chi connectivity index (χ1) is 8.59. The summed E-state index contributed by atoms with van der Waals surface area (Å²) in [5.74, 6) is -0.397. The van der Waals surface area contributed by atoms with Gasteiger partial charge in [-0.15, -0.1) is 0 Å². The van der Waals surface area contributed by atoms with Crippen molar-refractivity contribution in [3.63, 3.8) is 0 Å². The summed E-state index contributed by atoms with van der Waals surface area (Å²) in [6, 6.07) is 5.15. The van der Waals surface area contributed by atoms with E-state index in [-0.39, 0.29) is 12.2 Å². The van der Waals surface area contributed by atoms with Crippen molar-refractivity contribution in [1.82, 2.24) is 4.98 Å². The van der Waals surface area contributed by atoms with Gasteiger partial charge in [0.1, 0.15) is 11.3 Å². The second-order valence-electron chi connectivity index (χ2n) is 3.77. The highest BCUT2D eigenvalue weighted by Crippen LogP contribution is 2.33. The Morgan fingerprint density at radius 1 is 1.56 bits per heavy atom. The van der Waals surface area contributed by atoms with Gasteiger partial charge in [-0.05, 0) is 18.2 Å². The van der Waals surface area contributed by atoms with E-state index in [9.17, 15) is 9.90 Å². The molecule has 3 N–H and O–H groups in total. The molecule has 0 aliphatic carbocycles. The van der Waals surface area contributed by atoms with Crippen LogP contribution in [0, 0.1) is 0 Å². The van der Waals surface area contributed by atoms with Gasteiger partial charge in [0.15, 0.2) is 0 Å². The Kier molecular flexibility index (Phi) is 3.48. The van der Waals surface area contributed by atoms with E-state index < -0.39 is 5.91 Å². The Morgan fingerprint density at radius 3 is 3.06 bits per heavy atom. The van der Waals surface area contributed by atoms with Crippen LogP contribution in [0.4, 0.5) is 0 Å². The Balaban J connectivity index is 2.49. The normalized spacial score (nSPS) is 11.2. The molecule has 1 aromatic heterocycles. The lowest BCUT2D eigenvalue weighted by molar-refractivity contribution is -0.117. The summed E-state index contributed by atoms with van der Waals surface area (Å²) in [4.78, 5) is 14.7. The van der Waals surface area contributed by atoms with Crippen LogP contribution >= 0.6 is 11.6 Å². The van der Waals surface area contributed by atoms with Gasteiger partial charge in [0, 0.05) is 23.6 Å². The van der Waals surface area contributed by atoms with E-state index in [0.29, 0.717) is 21.5 Å². The number of carbonyl (C=O) groups is 1. The molecule has 0 saturated heterocycles. The molecule has 18 heavy (non-hydrogen) atoms. The van der Waals surface area contributed by atoms with E-state index in [4.69, 9.17) is 17.3 Å². The lowest BCUT2D eigenvalue weighted by Gasteiger charge is -2.05. The second-order valence-corrected chi connectivity index (χ2v) is 4.18. The zero-order valence-corrected chi connectivity index (χ0v) is 10.2. The fourth-order valence-electron chi connectivity index (χ4n) is 1.64. The summed E-state index contributed by atoms with van der Waals surface area (Å²) in [7, 11) is 0. The van der Waals surface area contributed by atoms with Crippen LogP contribution in [0.3, 0.4) is 0 Å². The third-order valence-electron chi connectivity index (χ3n) is 2.46. The zero-order chi connectivity index (χ0) is 13.1. The van der Waals surface area contributed by atoms with Crippen LogP contribution in [0.2, 0.25) is 5.02 Å². The minimum atomic E-state index is -0.434. The molecule has 0 spiro atoms. The van der Waals surface area contributed by atoms with Gasteiger partial charge >= 0.3 is 0 Å². The molecule has 92 valence electrons. The monoisotopic (exact) mass is 262 g/mol. The number of phenolic OH excluding ortho intramolecular Hbond substituents is 1. The van der Waals surface area contributed by atoms with Gasteiger partial charge in [-0.3, -0.25) is 9.78 Å². The van der Waals surface area contributed by atoms with Crippen molar-refractivity contribution in [1.29, 1.82) is 0 Å². The number of primary amides is 1. The highest BCUT2D eigenvalue weighted by Gasteiger charge is 2.09. The van der Waals surface area contributed by atoms with Crippen LogP contribution in [0.15, 0.2) is 30.5 Å². The van der Waals surface area contributed by atoms with Crippen LogP contribution in [-0.4, -0.2) is 16.0 Å². The Hall–Kier alpha value is -2.07. The molecule has 1 aromatic carbocycles. The quantitative estimate of drug-likeness (QED) is 0.892. The minimum Gasteiger partial charge on any atom is -0.505 e. The molecule has 1 amide bonds. The van der Waals surface area contributed by atoms with Gasteiger partial charge in [-0.2, -0.15) is 0 Å². The number of pyridine rings is 1. The summed E-state index contributed by atoms with van der Waals surface area (Å²) in [6.45, 7) is 0. The first-order valence-corrected chi connectivity index (χ1v) is 5.68. The van der Waals surface area contributed by atoms with Crippen molar-refractivity contribution in [2.24, 2.45) is 5.73 Å². The minimum absolute atomic E-state index is 0.0377. The van der Waals surface area contributed by atoms with Crippen molar-refractivity contribution >= 4 is 34.5 Å². The number of rotatable bonds is 3. The van der Waals surface area contributed by atoms with Crippen molar-refractivity contribution in [3.8, 4) is 5.75 Å². The van der Waals surface area contributed by atoms with E-state index >= 15 is 0 Å². The predicted octanol–water partition coefficient (Wildman–Crippen LogP) is 2.48. The third kappa shape index (κ3) is 2.43. The van der Waals surface area contributed by atoms with E-state index in [0.717, 1.165) is 0 Å². The molecule has 0 radical (unpaired) electrons. The number of fused-ring (bicyclic) bond motifs is 1. The molecule has 0 saturated carbocycles. The molecule has 0 aliphatic rings. The highest BCUT2D eigenvalue weighted by molar-refractivity contribution is 6.35. The molecule has 2 rings (SSSR count). The fraction of sp³-hybridized carbons (Fsp3) is 0.0769. The number of halogens is 1. The topological polar surface area (TPSA) is 76.2 Å². The van der Waals surface area contributed by atoms with Gasteiger partial charge in [0.2, 0.25) is 5.91 Å². The van der Waals surface area contributed by atoms with Crippen molar-refractivity contribution in [2.45, 2.75) is 6.42 Å². The van der Waals surface area contributed by atoms with Gasteiger partial charge in [0.25, 0.3) is 0 Å². The zero-order valence-electron chi connectivity index (χ0n) is 9.43. The number of nitrogens with zero attached hydrogens (tertiary/aromatic N) is 1. The van der Waals surface area contributed by atoms with E-state index in [1.165, 1.54) is 0 Å². The average Bonchev–Trinajstić information content (AvgIpc) is 2.35. The lowest BCUT2D eigenvalue weighted by atomic mass is 10.1. The predicted molar refractivity (Wildman–Crippen MR) is 71.3 cm³/mol. The molecular weight excluding hydrogens is 252 g/mol. The Bertz CT molecular complexity index is 638. The van der Waals surface area contributed by atoms with Crippen molar-refractivity contribution in [2.75, 3.05) is 0 Å². The summed E-state index contributed by atoms with van der Waals surface area (Å²) < 4.78 is 0. The average molecular weight is 263 g/mol. The molecule has 5 heteroatoms. The van der Waals surface area contributed by atoms with Gasteiger partial charge in [-0.25, -0.2) is 0 Å². The van der Waals surface area contributed by atoms with Crippen molar-refractivity contribution in [3.05, 3.63) is 41.1 Å². The number of carbonyl (C=O) groups excluding carboxylic acids is 1. The summed E-state index contributed by atoms with van der Waals surface area (Å²) >= 11 is 6.10. The smallest absolute Gasteiger partial charge is 0.221 e. The van der Waals surface area contributed by atoms with Crippen LogP contribution < -0.4 is 5.73 Å². The third-order valence-corrected chi connectivity index (χ3v) is 2.77. The lowest BCUT2D eigenvalue weighted by Crippen LogP contribution is -2.07. The molecule has 4 nitrogen and oxygen atoms in total. The molecule has 0 bridgehead atoms. The van der Waals surface area contributed by atoms with E-state index in [2.05, 4.69) is 4.98 Å². The molecule has 0 aliphatic heterocycles. The number of nitrogens with two attached hydrogens (primary N) is 1. The number of aromatic nitrogens is 1. The van der Waals surface area contributed by atoms with Crippen LogP contribution in [0.5, 0.6) is 5.75 Å². The molecule has 2 aromatic rings. The van der Waals surface area contributed by atoms with Gasteiger partial charge in [-0.1, -0.05) is 23.8 Å². The van der Waals surface area contributed by atoms with Crippen LogP contribution in [0.1, 0.15) is 12.0 Å². The molecule has 0 unspecified atom stereocenters. The number of amides is 1. The van der Waals surface area contributed by atoms with Crippen LogP contribution in [-0.2, 0) is 4.79 Å². The summed E-state index contributed by atoms with van der Waals surface area (Å²) in [5.41, 5.74) is 5.96. The first-order valence-electron chi connectivity index (χ1n) is 5.30. The van der Waals surface area contributed by atoms with Gasteiger partial charge < -0.3 is 10.8 Å². The number of hydrogen-bond acceptors (Lipinski definition) is 3. The fourth-order valence-corrected chi connectivity index (χ4v) is 1.91. The van der Waals surface area contributed by atoms with E-state index in [1.807, 2.05) is 0 Å². The Labute approximate surface area is 109 Å². The molecule has 1 heterocycles. The standard InChI is InChI=1S/C13H11ClN2O2/c14-10-7-8(3-1-5-11(15)17)13(18)12-9(10)4-2-6-16-12/h1-4,6-7,18H,5H2,(H2,15,17). The Morgan fingerprint density at radius 2 is 2.33 bits per heavy atom. The van der Waals surface area contributed by atoms with Crippen molar-refractivity contribution < 1.29 is 9.90 Å². The maximum Gasteiger partial charge on any atom is 0.221 e. The number of hydrogen-bond donors (Lipinski definition) is 2. The number of aromatic hydroxyl groups is 1. The second kappa shape index (κ2) is 5.06. The number of phenols is 1. The summed E-state index contributed by atoms with van der Waals surface area (Å²) in [6.07, 6.45) is 4.86. The molecule has 0 atom stereocenters. The van der Waals surface area contributed by atoms with Gasteiger partial charge in [0.05, 0.1) is 5.02 Å². The molecule has 0 fully saturated rings. The largest absolute Gasteiger partial charge is 0.505 e. The van der Waals surface area contributed by atoms with Crippen LogP contribution in [0.25, 0.3) is 17.0 Å². The number of benzene rings is 1.